The van der Waals surface area contributed by atoms with Gasteiger partial charge >= 0.3 is 5.97 Å². The molecule has 0 bridgehead atoms. The largest absolute Gasteiger partial charge is 0.468 e. The molecular weight excluding hydrogens is 298 g/mol. The van der Waals surface area contributed by atoms with E-state index in [2.05, 4.69) is 5.32 Å². The fraction of sp³-hybridized carbons (Fsp3) is 0.462. The van der Waals surface area contributed by atoms with Crippen LogP contribution in [0, 0.1) is 0 Å². The van der Waals surface area contributed by atoms with Gasteiger partial charge in [-0.15, -0.1) is 11.8 Å². The molecule has 0 heterocycles. The second-order valence-electron chi connectivity index (χ2n) is 4.19. The number of esters is 1. The first-order chi connectivity index (χ1) is 9.38. The first-order valence-electron chi connectivity index (χ1n) is 6.12. The third kappa shape index (κ3) is 5.15. The van der Waals surface area contributed by atoms with Crippen LogP contribution in [0.2, 0.25) is 0 Å². The summed E-state index contributed by atoms with van der Waals surface area (Å²) in [5.74, 6) is 0.228. The molecule has 0 aliphatic rings. The molecule has 0 saturated carbocycles. The predicted octanol–water partition coefficient (Wildman–Crippen LogP) is 1.33. The van der Waals surface area contributed by atoms with Gasteiger partial charge in [-0.2, -0.15) is 0 Å². The number of hydrogen-bond donors (Lipinski definition) is 1. The van der Waals surface area contributed by atoms with Crippen LogP contribution >= 0.6 is 11.8 Å². The molecule has 0 aliphatic carbocycles. The lowest BCUT2D eigenvalue weighted by Gasteiger charge is -2.14. The molecule has 1 aromatic carbocycles. The maximum absolute atomic E-state index is 11.5. The van der Waals surface area contributed by atoms with Crippen molar-refractivity contribution >= 4 is 27.6 Å². The molecule has 7 heteroatoms. The number of carbonyl (C=O) groups excluding carboxylic acids is 1. The second-order valence-corrected chi connectivity index (χ2v) is 7.30. The molecule has 1 unspecified atom stereocenters. The Labute approximate surface area is 124 Å². The summed E-state index contributed by atoms with van der Waals surface area (Å²) in [7, 11) is -1.81. The van der Waals surface area contributed by atoms with Gasteiger partial charge in [0.15, 0.2) is 9.84 Å². The number of sulfone groups is 1. The summed E-state index contributed by atoms with van der Waals surface area (Å²) in [5.41, 5.74) is 0. The number of carbonyl (C=O) groups is 1. The molecule has 20 heavy (non-hydrogen) atoms. The number of hydrogen-bond acceptors (Lipinski definition) is 6. The lowest BCUT2D eigenvalue weighted by Crippen LogP contribution is -2.39. The standard InChI is InChI=1S/C13H19NO4S2/c1-4-14-12(13(15)18-2)9-19-10-5-7-11(8-6-10)20(3,16)17/h5-8,12,14H,4,9H2,1-3H3. The lowest BCUT2D eigenvalue weighted by atomic mass is 10.3. The van der Waals surface area contributed by atoms with Gasteiger partial charge < -0.3 is 10.1 Å². The summed E-state index contributed by atoms with van der Waals surface area (Å²) in [6.07, 6.45) is 1.17. The first-order valence-corrected chi connectivity index (χ1v) is 9.00. The SMILES string of the molecule is CCNC(CSc1ccc(S(C)(=O)=O)cc1)C(=O)OC. The van der Waals surface area contributed by atoms with Gasteiger partial charge in [0.05, 0.1) is 12.0 Å². The van der Waals surface area contributed by atoms with Crippen molar-refractivity contribution in [1.82, 2.24) is 5.32 Å². The van der Waals surface area contributed by atoms with Crippen molar-refractivity contribution in [2.75, 3.05) is 25.7 Å². The lowest BCUT2D eigenvalue weighted by molar-refractivity contribution is -0.142. The van der Waals surface area contributed by atoms with E-state index in [0.29, 0.717) is 12.3 Å². The van der Waals surface area contributed by atoms with Gasteiger partial charge in [0, 0.05) is 16.9 Å². The molecule has 5 nitrogen and oxygen atoms in total. The highest BCUT2D eigenvalue weighted by Crippen LogP contribution is 2.21. The fourth-order valence-electron chi connectivity index (χ4n) is 1.56. The highest BCUT2D eigenvalue weighted by atomic mass is 32.2. The van der Waals surface area contributed by atoms with Crippen molar-refractivity contribution < 1.29 is 17.9 Å². The normalized spacial score (nSPS) is 12.9. The number of nitrogens with one attached hydrogen (secondary N) is 1. The molecule has 0 spiro atoms. The average molecular weight is 317 g/mol. The minimum absolute atomic E-state index is 0.290. The van der Waals surface area contributed by atoms with Gasteiger partial charge in [0.25, 0.3) is 0 Å². The van der Waals surface area contributed by atoms with Crippen LogP contribution in [0.4, 0.5) is 0 Å². The monoisotopic (exact) mass is 317 g/mol. The van der Waals surface area contributed by atoms with E-state index in [-0.39, 0.29) is 16.9 Å². The molecule has 1 N–H and O–H groups in total. The van der Waals surface area contributed by atoms with Crippen molar-refractivity contribution in [3.05, 3.63) is 24.3 Å². The highest BCUT2D eigenvalue weighted by Gasteiger charge is 2.18. The van der Waals surface area contributed by atoms with Gasteiger partial charge in [0.2, 0.25) is 0 Å². The Balaban J connectivity index is 2.67. The molecule has 0 saturated heterocycles. The van der Waals surface area contributed by atoms with Crippen LogP contribution in [0.5, 0.6) is 0 Å². The molecule has 0 radical (unpaired) electrons. The number of benzene rings is 1. The van der Waals surface area contributed by atoms with E-state index < -0.39 is 9.84 Å². The Kier molecular flexibility index (Phi) is 6.51. The number of methoxy groups -OCH3 is 1. The summed E-state index contributed by atoms with van der Waals surface area (Å²) in [5, 5.41) is 3.05. The molecule has 0 aromatic heterocycles. The highest BCUT2D eigenvalue weighted by molar-refractivity contribution is 7.99. The van der Waals surface area contributed by atoms with Gasteiger partial charge in [-0.25, -0.2) is 8.42 Å². The summed E-state index contributed by atoms with van der Waals surface area (Å²) < 4.78 is 27.4. The minimum Gasteiger partial charge on any atom is -0.468 e. The Hall–Kier alpha value is -1.05. The van der Waals surface area contributed by atoms with E-state index in [1.165, 1.54) is 25.1 Å². The Morgan fingerprint density at radius 3 is 2.40 bits per heavy atom. The quantitative estimate of drug-likeness (QED) is 0.604. The maximum Gasteiger partial charge on any atom is 0.323 e. The number of likely N-dealkylation sites (N-methyl/N-ethyl adjacent to an activating group) is 1. The zero-order chi connectivity index (χ0) is 15.2. The summed E-state index contributed by atoms with van der Waals surface area (Å²) in [6, 6.07) is 6.24. The first kappa shape index (κ1) is 17.0. The van der Waals surface area contributed by atoms with E-state index >= 15 is 0 Å². The van der Waals surface area contributed by atoms with Crippen molar-refractivity contribution in [1.29, 1.82) is 0 Å². The van der Waals surface area contributed by atoms with Crippen molar-refractivity contribution in [2.24, 2.45) is 0 Å². The third-order valence-corrected chi connectivity index (χ3v) is 4.84. The number of thioether (sulfide) groups is 1. The van der Waals surface area contributed by atoms with Gasteiger partial charge in [-0.1, -0.05) is 6.92 Å². The molecule has 0 fully saturated rings. The van der Waals surface area contributed by atoms with Gasteiger partial charge in [0.1, 0.15) is 6.04 Å². The zero-order valence-electron chi connectivity index (χ0n) is 11.8. The number of ether oxygens (including phenoxy) is 1. The smallest absolute Gasteiger partial charge is 0.323 e. The Bertz CT molecular complexity index is 540. The van der Waals surface area contributed by atoms with Crippen molar-refractivity contribution in [2.45, 2.75) is 22.8 Å². The Morgan fingerprint density at radius 1 is 1.35 bits per heavy atom. The maximum atomic E-state index is 11.5. The molecule has 1 aromatic rings. The molecule has 0 amide bonds. The van der Waals surface area contributed by atoms with E-state index in [1.54, 1.807) is 24.3 Å². The molecule has 1 atom stereocenters. The van der Waals surface area contributed by atoms with Crippen LogP contribution < -0.4 is 5.32 Å². The minimum atomic E-state index is -3.17. The topological polar surface area (TPSA) is 72.5 Å². The van der Waals surface area contributed by atoms with Crippen LogP contribution in [0.15, 0.2) is 34.1 Å². The van der Waals surface area contributed by atoms with E-state index in [0.717, 1.165) is 4.90 Å². The molecule has 1 rings (SSSR count). The van der Waals surface area contributed by atoms with E-state index in [4.69, 9.17) is 4.74 Å². The van der Waals surface area contributed by atoms with Gasteiger partial charge in [-0.3, -0.25) is 4.79 Å². The van der Waals surface area contributed by atoms with E-state index in [1.807, 2.05) is 6.92 Å². The van der Waals surface area contributed by atoms with Crippen LogP contribution in [0.25, 0.3) is 0 Å². The van der Waals surface area contributed by atoms with Gasteiger partial charge in [-0.05, 0) is 30.8 Å². The average Bonchev–Trinajstić information content (AvgIpc) is 2.42. The van der Waals surface area contributed by atoms with E-state index in [9.17, 15) is 13.2 Å². The molecule has 0 aliphatic heterocycles. The fourth-order valence-corrected chi connectivity index (χ4v) is 3.13. The molecule has 112 valence electrons. The van der Waals surface area contributed by atoms with Crippen LogP contribution in [0.3, 0.4) is 0 Å². The van der Waals surface area contributed by atoms with Crippen molar-refractivity contribution in [3.8, 4) is 0 Å². The summed E-state index contributed by atoms with van der Waals surface area (Å²) in [6.45, 7) is 2.59. The van der Waals surface area contributed by atoms with Crippen LogP contribution in [0.1, 0.15) is 6.92 Å². The Morgan fingerprint density at radius 2 is 1.95 bits per heavy atom. The van der Waals surface area contributed by atoms with Crippen molar-refractivity contribution in [3.63, 3.8) is 0 Å². The summed E-state index contributed by atoms with van der Waals surface area (Å²) in [4.78, 5) is 12.7. The third-order valence-electron chi connectivity index (χ3n) is 2.60. The zero-order valence-corrected chi connectivity index (χ0v) is 13.4. The molecular formula is C13H19NO4S2. The second kappa shape index (κ2) is 7.66. The van der Waals surface area contributed by atoms with Crippen LogP contribution in [-0.4, -0.2) is 46.1 Å². The number of rotatable bonds is 7. The predicted molar refractivity (Wildman–Crippen MR) is 79.8 cm³/mol. The summed E-state index contributed by atoms with van der Waals surface area (Å²) >= 11 is 1.47. The van der Waals surface area contributed by atoms with Crippen LogP contribution in [-0.2, 0) is 19.4 Å².